The Morgan fingerprint density at radius 1 is 1.15 bits per heavy atom. The average molecular weight is 465 g/mol. The number of benzene rings is 1. The molecule has 0 radical (unpaired) electrons. The number of anilines is 1. The molecule has 0 saturated carbocycles. The number of nitrogens with zero attached hydrogens (tertiary/aromatic N) is 1. The molecule has 0 unspecified atom stereocenters. The highest BCUT2D eigenvalue weighted by atomic mass is 79.9. The van der Waals surface area contributed by atoms with E-state index in [0.29, 0.717) is 17.0 Å². The monoisotopic (exact) mass is 462 g/mol. The molecule has 7 heteroatoms. The summed E-state index contributed by atoms with van der Waals surface area (Å²) < 4.78 is 7.51. The molecule has 4 nitrogen and oxygen atoms in total. The van der Waals surface area contributed by atoms with Gasteiger partial charge in [0.25, 0.3) is 5.91 Å². The van der Waals surface area contributed by atoms with E-state index in [1.807, 2.05) is 6.07 Å². The van der Waals surface area contributed by atoms with Gasteiger partial charge < -0.3 is 10.1 Å². The summed E-state index contributed by atoms with van der Waals surface area (Å²) in [5.74, 6) is 0.389. The van der Waals surface area contributed by atoms with Gasteiger partial charge in [0.2, 0.25) is 0 Å². The number of nitrogens with one attached hydrogen (secondary N) is 1. The van der Waals surface area contributed by atoms with Crippen molar-refractivity contribution in [2.24, 2.45) is 0 Å². The second kappa shape index (κ2) is 6.69. The van der Waals surface area contributed by atoms with Gasteiger partial charge in [0.1, 0.15) is 5.75 Å². The fourth-order valence-corrected chi connectivity index (χ4v) is 3.13. The van der Waals surface area contributed by atoms with E-state index in [1.165, 1.54) is 6.20 Å². The molecule has 2 aromatic rings. The highest BCUT2D eigenvalue weighted by Crippen LogP contribution is 2.34. The first-order chi connectivity index (χ1) is 9.51. The SMILES string of the molecule is COc1cc(NC(=O)c2cncc(Br)c2)c(Br)cc1Br. The molecule has 1 aromatic heterocycles. The first-order valence-electron chi connectivity index (χ1n) is 5.46. The molecule has 0 spiro atoms. The predicted octanol–water partition coefficient (Wildman–Crippen LogP) is 4.63. The van der Waals surface area contributed by atoms with Crippen LogP contribution in [-0.4, -0.2) is 18.0 Å². The summed E-state index contributed by atoms with van der Waals surface area (Å²) in [6, 6.07) is 5.25. The van der Waals surface area contributed by atoms with Gasteiger partial charge in [-0.25, -0.2) is 0 Å². The fourth-order valence-electron chi connectivity index (χ4n) is 1.51. The van der Waals surface area contributed by atoms with Gasteiger partial charge in [-0.1, -0.05) is 0 Å². The number of carbonyl (C=O) groups excluding carboxylic acids is 1. The minimum absolute atomic E-state index is 0.246. The van der Waals surface area contributed by atoms with E-state index in [1.54, 1.807) is 25.4 Å². The Hall–Kier alpha value is -0.920. The van der Waals surface area contributed by atoms with Crippen LogP contribution in [0.25, 0.3) is 0 Å². The number of rotatable bonds is 3. The van der Waals surface area contributed by atoms with Crippen LogP contribution in [0.1, 0.15) is 10.4 Å². The number of amides is 1. The average Bonchev–Trinajstić information content (AvgIpc) is 2.41. The maximum Gasteiger partial charge on any atom is 0.257 e. The number of ether oxygens (including phenoxy) is 1. The summed E-state index contributed by atoms with van der Waals surface area (Å²) in [6.07, 6.45) is 3.12. The quantitative estimate of drug-likeness (QED) is 0.720. The molecule has 104 valence electrons. The largest absolute Gasteiger partial charge is 0.495 e. The lowest BCUT2D eigenvalue weighted by molar-refractivity contribution is 0.102. The Morgan fingerprint density at radius 3 is 2.55 bits per heavy atom. The van der Waals surface area contributed by atoms with Gasteiger partial charge in [0.05, 0.1) is 22.8 Å². The maximum atomic E-state index is 12.2. The number of hydrogen-bond donors (Lipinski definition) is 1. The minimum Gasteiger partial charge on any atom is -0.495 e. The molecular formula is C13H9Br3N2O2. The summed E-state index contributed by atoms with van der Waals surface area (Å²) in [7, 11) is 1.57. The number of hydrogen-bond acceptors (Lipinski definition) is 3. The van der Waals surface area contributed by atoms with Crippen LogP contribution >= 0.6 is 47.8 Å². The van der Waals surface area contributed by atoms with Gasteiger partial charge >= 0.3 is 0 Å². The van der Waals surface area contributed by atoms with Crippen LogP contribution in [0.4, 0.5) is 5.69 Å². The van der Waals surface area contributed by atoms with Crippen molar-refractivity contribution in [3.63, 3.8) is 0 Å². The highest BCUT2D eigenvalue weighted by molar-refractivity contribution is 9.11. The summed E-state index contributed by atoms with van der Waals surface area (Å²) in [5, 5.41) is 2.81. The molecular weight excluding hydrogens is 456 g/mol. The molecule has 0 fully saturated rings. The second-order valence-electron chi connectivity index (χ2n) is 3.81. The van der Waals surface area contributed by atoms with Crippen molar-refractivity contribution in [1.29, 1.82) is 0 Å². The molecule has 0 saturated heterocycles. The zero-order valence-electron chi connectivity index (χ0n) is 10.3. The second-order valence-corrected chi connectivity index (χ2v) is 6.44. The molecule has 1 N–H and O–H groups in total. The molecule has 0 aliphatic rings. The molecule has 20 heavy (non-hydrogen) atoms. The van der Waals surface area contributed by atoms with Crippen molar-refractivity contribution < 1.29 is 9.53 Å². The number of pyridine rings is 1. The predicted molar refractivity (Wildman–Crippen MR) is 88.3 cm³/mol. The van der Waals surface area contributed by atoms with Gasteiger partial charge in [-0.3, -0.25) is 9.78 Å². The van der Waals surface area contributed by atoms with Crippen LogP contribution in [0.2, 0.25) is 0 Å². The molecule has 0 aliphatic heterocycles. The lowest BCUT2D eigenvalue weighted by atomic mass is 10.2. The standard InChI is InChI=1S/C13H9Br3N2O2/c1-20-12-4-11(9(15)3-10(12)16)18-13(19)7-2-8(14)6-17-5-7/h2-6H,1H3,(H,18,19). The van der Waals surface area contributed by atoms with E-state index >= 15 is 0 Å². The van der Waals surface area contributed by atoms with E-state index in [0.717, 1.165) is 13.4 Å². The number of carbonyl (C=O) groups is 1. The first kappa shape index (κ1) is 15.5. The lowest BCUT2D eigenvalue weighted by Gasteiger charge is -2.11. The van der Waals surface area contributed by atoms with Crippen molar-refractivity contribution in [1.82, 2.24) is 4.98 Å². The topological polar surface area (TPSA) is 51.2 Å². The van der Waals surface area contributed by atoms with Crippen molar-refractivity contribution in [3.05, 3.63) is 49.6 Å². The zero-order valence-corrected chi connectivity index (χ0v) is 15.0. The van der Waals surface area contributed by atoms with Crippen LogP contribution < -0.4 is 10.1 Å². The zero-order chi connectivity index (χ0) is 14.7. The van der Waals surface area contributed by atoms with Crippen LogP contribution in [-0.2, 0) is 0 Å². The third kappa shape index (κ3) is 3.59. The minimum atomic E-state index is -0.246. The Bertz CT molecular complexity index is 662. The molecule has 1 heterocycles. The summed E-state index contributed by atoms with van der Waals surface area (Å²) in [6.45, 7) is 0. The van der Waals surface area contributed by atoms with Crippen molar-refractivity contribution in [2.45, 2.75) is 0 Å². The smallest absolute Gasteiger partial charge is 0.257 e. The van der Waals surface area contributed by atoms with Gasteiger partial charge in [0.15, 0.2) is 0 Å². The third-order valence-corrected chi connectivity index (χ3v) is 4.17. The Kier molecular flexibility index (Phi) is 5.17. The van der Waals surface area contributed by atoms with Gasteiger partial charge in [-0.15, -0.1) is 0 Å². The highest BCUT2D eigenvalue weighted by Gasteiger charge is 2.12. The summed E-state index contributed by atoms with van der Waals surface area (Å²) >= 11 is 10.1. The lowest BCUT2D eigenvalue weighted by Crippen LogP contribution is -2.12. The molecule has 0 bridgehead atoms. The Balaban J connectivity index is 2.28. The van der Waals surface area contributed by atoms with E-state index in [4.69, 9.17) is 4.74 Å². The first-order valence-corrected chi connectivity index (χ1v) is 7.84. The van der Waals surface area contributed by atoms with E-state index < -0.39 is 0 Å². The number of halogens is 3. The van der Waals surface area contributed by atoms with E-state index in [2.05, 4.69) is 58.1 Å². The normalized spacial score (nSPS) is 10.2. The van der Waals surface area contributed by atoms with E-state index in [-0.39, 0.29) is 5.91 Å². The van der Waals surface area contributed by atoms with Crippen LogP contribution in [0.5, 0.6) is 5.75 Å². The van der Waals surface area contributed by atoms with Gasteiger partial charge in [-0.05, 0) is 59.9 Å². The number of aromatic nitrogens is 1. The van der Waals surface area contributed by atoms with Crippen LogP contribution in [0, 0.1) is 0 Å². The molecule has 1 aromatic carbocycles. The Labute approximate surface area is 141 Å². The van der Waals surface area contributed by atoms with Crippen molar-refractivity contribution >= 4 is 59.4 Å². The molecule has 2 rings (SSSR count). The third-order valence-electron chi connectivity index (χ3n) is 2.46. The van der Waals surface area contributed by atoms with Crippen LogP contribution in [0.3, 0.4) is 0 Å². The maximum absolute atomic E-state index is 12.2. The van der Waals surface area contributed by atoms with Gasteiger partial charge in [-0.2, -0.15) is 0 Å². The van der Waals surface area contributed by atoms with Crippen molar-refractivity contribution in [2.75, 3.05) is 12.4 Å². The summed E-state index contributed by atoms with van der Waals surface area (Å²) in [5.41, 5.74) is 1.09. The molecule has 0 atom stereocenters. The van der Waals surface area contributed by atoms with Crippen molar-refractivity contribution in [3.8, 4) is 5.75 Å². The Morgan fingerprint density at radius 2 is 1.90 bits per heavy atom. The molecule has 0 aliphatic carbocycles. The fraction of sp³-hybridized carbons (Fsp3) is 0.0769. The van der Waals surface area contributed by atoms with Gasteiger partial charge in [0, 0.05) is 27.4 Å². The van der Waals surface area contributed by atoms with E-state index in [9.17, 15) is 4.79 Å². The molecule has 1 amide bonds. The van der Waals surface area contributed by atoms with Crippen LogP contribution in [0.15, 0.2) is 44.0 Å². The summed E-state index contributed by atoms with van der Waals surface area (Å²) in [4.78, 5) is 16.1. The number of methoxy groups -OCH3 is 1.